The minimum Gasteiger partial charge on any atom is -0.486 e. The van der Waals surface area contributed by atoms with Crippen molar-refractivity contribution in [3.8, 4) is 0 Å². The molecule has 0 spiro atoms. The standard InChI is InChI=1S/C21H21ClN2O4S/c22-17-7-4-8-18(15-17)23-9-11-24(12-10-23)21(25)19-20(16-5-2-1-3-6-16)29(26,27)14-13-28-19/h1-8,15H,9-14H2. The third-order valence-corrected chi connectivity index (χ3v) is 7.07. The van der Waals surface area contributed by atoms with Crippen LogP contribution in [0.2, 0.25) is 5.02 Å². The monoisotopic (exact) mass is 432 g/mol. The lowest BCUT2D eigenvalue weighted by Crippen LogP contribution is -2.50. The van der Waals surface area contributed by atoms with E-state index in [1.807, 2.05) is 24.3 Å². The molecule has 0 radical (unpaired) electrons. The van der Waals surface area contributed by atoms with Crippen molar-refractivity contribution in [1.29, 1.82) is 0 Å². The summed E-state index contributed by atoms with van der Waals surface area (Å²) >= 11 is 6.08. The first-order valence-corrected chi connectivity index (χ1v) is 11.4. The second-order valence-corrected chi connectivity index (χ2v) is 9.43. The van der Waals surface area contributed by atoms with Crippen LogP contribution in [0, 0.1) is 0 Å². The van der Waals surface area contributed by atoms with E-state index in [1.165, 1.54) is 0 Å². The zero-order valence-electron chi connectivity index (χ0n) is 15.8. The molecule has 2 heterocycles. The van der Waals surface area contributed by atoms with Gasteiger partial charge in [0.1, 0.15) is 11.5 Å². The molecule has 8 heteroatoms. The first kappa shape index (κ1) is 19.8. The highest BCUT2D eigenvalue weighted by atomic mass is 35.5. The van der Waals surface area contributed by atoms with Gasteiger partial charge >= 0.3 is 0 Å². The number of sulfone groups is 1. The molecule has 152 valence electrons. The second kappa shape index (κ2) is 8.08. The molecule has 0 unspecified atom stereocenters. The fourth-order valence-corrected chi connectivity index (χ4v) is 5.22. The molecule has 2 aromatic rings. The summed E-state index contributed by atoms with van der Waals surface area (Å²) in [5.41, 5.74) is 1.48. The van der Waals surface area contributed by atoms with Crippen LogP contribution >= 0.6 is 11.6 Å². The van der Waals surface area contributed by atoms with Gasteiger partial charge < -0.3 is 14.5 Å². The van der Waals surface area contributed by atoms with E-state index in [0.29, 0.717) is 36.8 Å². The van der Waals surface area contributed by atoms with Gasteiger partial charge in [-0.25, -0.2) is 8.42 Å². The molecule has 0 bridgehead atoms. The van der Waals surface area contributed by atoms with E-state index in [1.54, 1.807) is 35.2 Å². The molecular weight excluding hydrogens is 412 g/mol. The van der Waals surface area contributed by atoms with Crippen molar-refractivity contribution in [2.45, 2.75) is 0 Å². The van der Waals surface area contributed by atoms with Crippen LogP contribution in [-0.4, -0.2) is 57.8 Å². The van der Waals surface area contributed by atoms with Crippen molar-refractivity contribution in [3.63, 3.8) is 0 Å². The Balaban J connectivity index is 1.58. The Morgan fingerprint density at radius 1 is 0.966 bits per heavy atom. The molecule has 1 saturated heterocycles. The molecule has 1 amide bonds. The van der Waals surface area contributed by atoms with E-state index in [-0.39, 0.29) is 28.9 Å². The van der Waals surface area contributed by atoms with E-state index in [9.17, 15) is 13.2 Å². The van der Waals surface area contributed by atoms with E-state index in [0.717, 1.165) is 5.69 Å². The maximum absolute atomic E-state index is 13.2. The molecule has 0 saturated carbocycles. The first-order chi connectivity index (χ1) is 14.0. The summed E-state index contributed by atoms with van der Waals surface area (Å²) in [7, 11) is -3.59. The molecule has 0 N–H and O–H groups in total. The minimum absolute atomic E-state index is 0.00776. The normalized spacial score (nSPS) is 19.1. The number of hydrogen-bond donors (Lipinski definition) is 0. The Hall–Kier alpha value is -2.51. The lowest BCUT2D eigenvalue weighted by molar-refractivity contribution is -0.131. The van der Waals surface area contributed by atoms with Gasteiger partial charge in [0, 0.05) is 36.9 Å². The maximum Gasteiger partial charge on any atom is 0.290 e. The molecule has 0 aromatic heterocycles. The highest BCUT2D eigenvalue weighted by molar-refractivity contribution is 8.00. The van der Waals surface area contributed by atoms with Crippen LogP contribution in [0.25, 0.3) is 4.91 Å². The second-order valence-electron chi connectivity index (χ2n) is 6.95. The van der Waals surface area contributed by atoms with E-state index in [4.69, 9.17) is 16.3 Å². The van der Waals surface area contributed by atoms with Gasteiger partial charge in [0.05, 0.1) is 5.75 Å². The van der Waals surface area contributed by atoms with Crippen molar-refractivity contribution >= 4 is 37.9 Å². The van der Waals surface area contributed by atoms with E-state index < -0.39 is 9.84 Å². The third-order valence-electron chi connectivity index (χ3n) is 5.09. The predicted molar refractivity (Wildman–Crippen MR) is 113 cm³/mol. The number of ether oxygens (including phenoxy) is 1. The van der Waals surface area contributed by atoms with Gasteiger partial charge in [-0.1, -0.05) is 48.0 Å². The van der Waals surface area contributed by atoms with Crippen LogP contribution in [0.1, 0.15) is 5.56 Å². The summed E-state index contributed by atoms with van der Waals surface area (Å²) < 4.78 is 31.0. The van der Waals surface area contributed by atoms with Crippen molar-refractivity contribution in [1.82, 2.24) is 4.90 Å². The minimum atomic E-state index is -3.59. The highest BCUT2D eigenvalue weighted by Gasteiger charge is 2.36. The van der Waals surface area contributed by atoms with Crippen LogP contribution < -0.4 is 4.90 Å². The molecule has 2 aromatic carbocycles. The molecule has 4 rings (SSSR count). The average molecular weight is 433 g/mol. The highest BCUT2D eigenvalue weighted by Crippen LogP contribution is 2.31. The zero-order chi connectivity index (χ0) is 20.4. The van der Waals surface area contributed by atoms with Gasteiger partial charge in [0.2, 0.25) is 5.76 Å². The van der Waals surface area contributed by atoms with Crippen molar-refractivity contribution in [2.24, 2.45) is 0 Å². The van der Waals surface area contributed by atoms with Gasteiger partial charge in [-0.05, 0) is 23.8 Å². The Labute approximate surface area is 175 Å². The molecule has 0 aliphatic carbocycles. The van der Waals surface area contributed by atoms with E-state index in [2.05, 4.69) is 4.90 Å². The Bertz CT molecular complexity index is 1050. The van der Waals surface area contributed by atoms with Crippen molar-refractivity contribution in [2.75, 3.05) is 43.4 Å². The maximum atomic E-state index is 13.2. The van der Waals surface area contributed by atoms with Gasteiger partial charge in [-0.15, -0.1) is 0 Å². The fraction of sp³-hybridized carbons (Fsp3) is 0.286. The Morgan fingerprint density at radius 3 is 2.38 bits per heavy atom. The number of carbonyl (C=O) groups is 1. The van der Waals surface area contributed by atoms with Crippen LogP contribution in [-0.2, 0) is 19.4 Å². The van der Waals surface area contributed by atoms with Crippen LogP contribution in [0.15, 0.2) is 60.4 Å². The van der Waals surface area contributed by atoms with Crippen molar-refractivity contribution < 1.29 is 17.9 Å². The van der Waals surface area contributed by atoms with Crippen molar-refractivity contribution in [3.05, 3.63) is 70.9 Å². The van der Waals surface area contributed by atoms with Crippen LogP contribution in [0.5, 0.6) is 0 Å². The molecule has 6 nitrogen and oxygen atoms in total. The quantitative estimate of drug-likeness (QED) is 0.746. The summed E-state index contributed by atoms with van der Waals surface area (Å²) in [5.74, 6) is -0.576. The third kappa shape index (κ3) is 4.11. The van der Waals surface area contributed by atoms with Gasteiger partial charge in [-0.2, -0.15) is 0 Å². The smallest absolute Gasteiger partial charge is 0.290 e. The summed E-state index contributed by atoms with van der Waals surface area (Å²) in [4.78, 5) is 17.0. The lowest BCUT2D eigenvalue weighted by atomic mass is 10.1. The number of benzene rings is 2. The summed E-state index contributed by atoms with van der Waals surface area (Å²) in [5, 5.41) is 0.666. The largest absolute Gasteiger partial charge is 0.486 e. The average Bonchev–Trinajstić information content (AvgIpc) is 2.73. The number of hydrogen-bond acceptors (Lipinski definition) is 5. The molecular formula is C21H21ClN2O4S. The summed E-state index contributed by atoms with van der Waals surface area (Å²) in [6.07, 6.45) is 0. The number of carbonyl (C=O) groups excluding carboxylic acids is 1. The van der Waals surface area contributed by atoms with Gasteiger partial charge in [0.25, 0.3) is 5.91 Å². The first-order valence-electron chi connectivity index (χ1n) is 9.41. The number of anilines is 1. The summed E-state index contributed by atoms with van der Waals surface area (Å²) in [6, 6.07) is 16.3. The zero-order valence-corrected chi connectivity index (χ0v) is 17.3. The SMILES string of the molecule is O=C(C1=C(c2ccccc2)S(=O)(=O)CCO1)N1CCN(c2cccc(Cl)c2)CC1. The topological polar surface area (TPSA) is 66.9 Å². The summed E-state index contributed by atoms with van der Waals surface area (Å²) in [6.45, 7) is 2.20. The molecule has 1 fully saturated rings. The fourth-order valence-electron chi connectivity index (χ4n) is 3.61. The number of nitrogens with zero attached hydrogens (tertiary/aromatic N) is 2. The van der Waals surface area contributed by atoms with Crippen LogP contribution in [0.3, 0.4) is 0 Å². The number of halogens is 1. The predicted octanol–water partition coefficient (Wildman–Crippen LogP) is 2.80. The Morgan fingerprint density at radius 2 is 1.69 bits per heavy atom. The molecule has 2 aliphatic heterocycles. The number of rotatable bonds is 3. The molecule has 29 heavy (non-hydrogen) atoms. The molecule has 2 aliphatic rings. The number of piperazine rings is 1. The Kier molecular flexibility index (Phi) is 5.52. The lowest BCUT2D eigenvalue weighted by Gasteiger charge is -2.37. The van der Waals surface area contributed by atoms with E-state index >= 15 is 0 Å². The van der Waals surface area contributed by atoms with Crippen LogP contribution in [0.4, 0.5) is 5.69 Å². The van der Waals surface area contributed by atoms with Gasteiger partial charge in [-0.3, -0.25) is 4.79 Å². The molecule has 0 atom stereocenters. The van der Waals surface area contributed by atoms with Gasteiger partial charge in [0.15, 0.2) is 9.84 Å². The number of amides is 1.